The van der Waals surface area contributed by atoms with Crippen LogP contribution in [0, 0.1) is 5.92 Å². The highest BCUT2D eigenvalue weighted by Gasteiger charge is 2.34. The minimum atomic E-state index is -0.452. The molecule has 0 bridgehead atoms. The topological polar surface area (TPSA) is 101 Å². The lowest BCUT2D eigenvalue weighted by Gasteiger charge is -2.33. The number of amides is 1. The summed E-state index contributed by atoms with van der Waals surface area (Å²) in [6.07, 6.45) is 0.862. The Balaban J connectivity index is 1.27. The highest BCUT2D eigenvalue weighted by Crippen LogP contribution is 2.33. The summed E-state index contributed by atoms with van der Waals surface area (Å²) >= 11 is 0. The van der Waals surface area contributed by atoms with E-state index in [1.165, 1.54) is 7.11 Å². The number of hydrogen-bond acceptors (Lipinski definition) is 7. The Hall–Kier alpha value is -4.47. The van der Waals surface area contributed by atoms with Crippen molar-refractivity contribution in [2.45, 2.75) is 6.42 Å². The van der Waals surface area contributed by atoms with Gasteiger partial charge in [-0.15, -0.1) is 0 Å². The first-order chi connectivity index (χ1) is 20.4. The highest BCUT2D eigenvalue weighted by molar-refractivity contribution is 6.22. The number of ether oxygens (including phenoxy) is 1. The molecule has 2 aliphatic rings. The zero-order valence-corrected chi connectivity index (χ0v) is 23.9. The second-order valence-corrected chi connectivity index (χ2v) is 11.0. The number of H-pyrrole nitrogens is 1. The van der Waals surface area contributed by atoms with E-state index in [2.05, 4.69) is 21.8 Å². The SMILES string of the molecule is COC(=O)c1ccc2c(C(=Nc3ccc(N4CC[C@@H](CN5CCN(C)CC5)C4=O)cc3)c3ccccc3)c(O)[nH]c2c1. The summed E-state index contributed by atoms with van der Waals surface area (Å²) in [5, 5.41) is 11.7. The molecule has 0 radical (unpaired) electrons. The molecule has 4 aromatic rings. The number of nitrogens with one attached hydrogen (secondary N) is 1. The van der Waals surface area contributed by atoms with Gasteiger partial charge in [0.1, 0.15) is 0 Å². The molecule has 2 fully saturated rings. The van der Waals surface area contributed by atoms with Gasteiger partial charge in [0.25, 0.3) is 0 Å². The Labute approximate surface area is 245 Å². The van der Waals surface area contributed by atoms with Gasteiger partial charge >= 0.3 is 5.97 Å². The number of anilines is 1. The van der Waals surface area contributed by atoms with E-state index in [0.717, 1.165) is 55.8 Å². The molecule has 1 amide bonds. The van der Waals surface area contributed by atoms with Gasteiger partial charge in [-0.1, -0.05) is 36.4 Å². The summed E-state index contributed by atoms with van der Waals surface area (Å²) in [6, 6.07) is 22.5. The number of fused-ring (bicyclic) bond motifs is 1. The summed E-state index contributed by atoms with van der Waals surface area (Å²) in [5.41, 5.74) is 4.50. The van der Waals surface area contributed by atoms with E-state index >= 15 is 0 Å². The smallest absolute Gasteiger partial charge is 0.337 e. The fraction of sp³-hybridized carbons (Fsp3) is 0.303. The van der Waals surface area contributed by atoms with Crippen molar-refractivity contribution in [3.8, 4) is 5.88 Å². The lowest BCUT2D eigenvalue weighted by Crippen LogP contribution is -2.47. The Morgan fingerprint density at radius 2 is 1.71 bits per heavy atom. The zero-order chi connectivity index (χ0) is 29.2. The molecule has 1 atom stereocenters. The molecule has 2 N–H and O–H groups in total. The number of esters is 1. The third-order valence-corrected chi connectivity index (χ3v) is 8.28. The first-order valence-corrected chi connectivity index (χ1v) is 14.3. The molecule has 9 heteroatoms. The predicted molar refractivity (Wildman–Crippen MR) is 164 cm³/mol. The number of nitrogens with zero attached hydrogens (tertiary/aromatic N) is 4. The van der Waals surface area contributed by atoms with Crippen LogP contribution in [-0.2, 0) is 9.53 Å². The highest BCUT2D eigenvalue weighted by atomic mass is 16.5. The van der Waals surface area contributed by atoms with Crippen LogP contribution in [0.2, 0.25) is 0 Å². The number of benzene rings is 3. The van der Waals surface area contributed by atoms with Crippen molar-refractivity contribution < 1.29 is 19.4 Å². The number of aromatic amines is 1. The van der Waals surface area contributed by atoms with Gasteiger partial charge in [-0.05, 0) is 49.9 Å². The van der Waals surface area contributed by atoms with Gasteiger partial charge in [0, 0.05) is 61.4 Å². The van der Waals surface area contributed by atoms with Gasteiger partial charge in [0.05, 0.1) is 35.6 Å². The molecule has 42 heavy (non-hydrogen) atoms. The van der Waals surface area contributed by atoms with Crippen LogP contribution in [0.15, 0.2) is 77.8 Å². The van der Waals surface area contributed by atoms with Crippen LogP contribution >= 0.6 is 0 Å². The summed E-state index contributed by atoms with van der Waals surface area (Å²) < 4.78 is 4.85. The number of carbonyl (C=O) groups is 2. The van der Waals surface area contributed by atoms with Crippen molar-refractivity contribution in [2.75, 3.05) is 58.3 Å². The number of aromatic nitrogens is 1. The molecule has 2 aliphatic heterocycles. The maximum atomic E-state index is 13.3. The minimum absolute atomic E-state index is 0.0281. The molecule has 1 aromatic heterocycles. The number of piperazine rings is 1. The van der Waals surface area contributed by atoms with E-state index in [-0.39, 0.29) is 17.7 Å². The summed E-state index contributed by atoms with van der Waals surface area (Å²) in [6.45, 7) is 5.64. The van der Waals surface area contributed by atoms with Gasteiger partial charge in [-0.2, -0.15) is 0 Å². The van der Waals surface area contributed by atoms with Crippen LogP contribution in [0.25, 0.3) is 10.9 Å². The molecule has 2 saturated heterocycles. The Bertz CT molecular complexity index is 1620. The second kappa shape index (κ2) is 11.8. The van der Waals surface area contributed by atoms with Crippen LogP contribution in [0.3, 0.4) is 0 Å². The third-order valence-electron chi connectivity index (χ3n) is 8.28. The molecular formula is C33H35N5O4. The molecule has 3 aromatic carbocycles. The summed E-state index contributed by atoms with van der Waals surface area (Å²) in [7, 11) is 3.48. The van der Waals surface area contributed by atoms with E-state index in [1.807, 2.05) is 59.5 Å². The van der Waals surface area contributed by atoms with Crippen molar-refractivity contribution >= 4 is 39.9 Å². The van der Waals surface area contributed by atoms with E-state index in [0.29, 0.717) is 34.6 Å². The minimum Gasteiger partial charge on any atom is -0.494 e. The number of methoxy groups -OCH3 is 1. The average Bonchev–Trinajstić information content (AvgIpc) is 3.55. The number of aliphatic imine (C=N–C) groups is 1. The van der Waals surface area contributed by atoms with E-state index < -0.39 is 5.97 Å². The molecule has 0 spiro atoms. The van der Waals surface area contributed by atoms with Gasteiger partial charge in [0.2, 0.25) is 5.91 Å². The monoisotopic (exact) mass is 565 g/mol. The zero-order valence-electron chi connectivity index (χ0n) is 23.9. The largest absolute Gasteiger partial charge is 0.494 e. The maximum Gasteiger partial charge on any atom is 0.337 e. The molecular weight excluding hydrogens is 530 g/mol. The van der Waals surface area contributed by atoms with Crippen LogP contribution in [0.5, 0.6) is 5.88 Å². The lowest BCUT2D eigenvalue weighted by molar-refractivity contribution is -0.121. The summed E-state index contributed by atoms with van der Waals surface area (Å²) in [5.74, 6) is -0.280. The molecule has 9 nitrogen and oxygen atoms in total. The van der Waals surface area contributed by atoms with Crippen LogP contribution in [0.1, 0.15) is 27.9 Å². The predicted octanol–water partition coefficient (Wildman–Crippen LogP) is 4.43. The van der Waals surface area contributed by atoms with E-state index in [1.54, 1.807) is 18.2 Å². The first-order valence-electron chi connectivity index (χ1n) is 14.3. The van der Waals surface area contributed by atoms with E-state index in [4.69, 9.17) is 9.73 Å². The van der Waals surface area contributed by atoms with Gasteiger partial charge < -0.3 is 29.5 Å². The molecule has 0 saturated carbocycles. The standard InChI is InChI=1S/C33H35N5O4/c1-36-16-18-37(19-17-36)21-24-14-15-38(32(24)40)26-11-9-25(10-12-26)34-30(22-6-4-3-5-7-22)29-27-13-8-23(33(41)42-2)20-28(27)35-31(29)39/h3-13,20,24,35,39H,14-19,21H2,1-2H3/t24-/m0/s1. The molecule has 6 rings (SSSR count). The fourth-order valence-corrected chi connectivity index (χ4v) is 5.87. The molecule has 3 heterocycles. The molecule has 216 valence electrons. The maximum absolute atomic E-state index is 13.3. The quantitative estimate of drug-likeness (QED) is 0.254. The van der Waals surface area contributed by atoms with Crippen molar-refractivity contribution in [3.63, 3.8) is 0 Å². The van der Waals surface area contributed by atoms with Crippen molar-refractivity contribution in [1.29, 1.82) is 0 Å². The molecule has 0 aliphatic carbocycles. The number of aromatic hydroxyl groups is 1. The molecule has 0 unspecified atom stereocenters. The Morgan fingerprint density at radius 3 is 2.43 bits per heavy atom. The average molecular weight is 566 g/mol. The van der Waals surface area contributed by atoms with Crippen LogP contribution in [-0.4, -0.2) is 90.9 Å². The summed E-state index contributed by atoms with van der Waals surface area (Å²) in [4.78, 5) is 39.9. The lowest BCUT2D eigenvalue weighted by atomic mass is 10.00. The van der Waals surface area contributed by atoms with Crippen LogP contribution in [0.4, 0.5) is 11.4 Å². The number of rotatable bonds is 7. The Morgan fingerprint density at radius 1 is 0.976 bits per heavy atom. The Kier molecular flexibility index (Phi) is 7.78. The normalized spacial score (nSPS) is 18.6. The van der Waals surface area contributed by atoms with Crippen molar-refractivity contribution in [1.82, 2.24) is 14.8 Å². The van der Waals surface area contributed by atoms with Crippen molar-refractivity contribution in [2.24, 2.45) is 10.9 Å². The second-order valence-electron chi connectivity index (χ2n) is 11.0. The number of carbonyl (C=O) groups excluding carboxylic acids is 2. The number of likely N-dealkylation sites (N-methyl/N-ethyl adjacent to an activating group) is 1. The first kappa shape index (κ1) is 27.7. The van der Waals surface area contributed by atoms with Crippen molar-refractivity contribution in [3.05, 3.63) is 89.5 Å². The van der Waals surface area contributed by atoms with E-state index in [9.17, 15) is 14.7 Å². The third kappa shape index (κ3) is 5.53. The fourth-order valence-electron chi connectivity index (χ4n) is 5.87. The van der Waals surface area contributed by atoms with Gasteiger partial charge in [0.15, 0.2) is 5.88 Å². The van der Waals surface area contributed by atoms with Gasteiger partial charge in [-0.3, -0.25) is 4.79 Å². The number of hydrogen-bond donors (Lipinski definition) is 2. The van der Waals surface area contributed by atoms with Crippen LogP contribution < -0.4 is 4.90 Å². The van der Waals surface area contributed by atoms with Gasteiger partial charge in [-0.25, -0.2) is 9.79 Å².